The molecule has 2 aliphatic rings. The number of carbonyl (C=O) groups is 2. The highest BCUT2D eigenvalue weighted by Gasteiger charge is 2.55. The van der Waals surface area contributed by atoms with Crippen LogP contribution in [0.2, 0.25) is 0 Å². The minimum Gasteiger partial charge on any atom is -0.464 e. The third-order valence-corrected chi connectivity index (χ3v) is 6.45. The van der Waals surface area contributed by atoms with E-state index in [2.05, 4.69) is 0 Å². The molecule has 3 aromatic rings. The molecule has 2 bridgehead atoms. The number of fused-ring (bicyclic) bond motifs is 2. The highest BCUT2D eigenvalue weighted by molar-refractivity contribution is 5.89. The Kier molecular flexibility index (Phi) is 8.45. The SMILES string of the molecule is CCOC(=O)[C@@H](O[C@H]1[C@@H]2OC[C@@H](O2)[C@@H](OCc2ccccc2)[C@@H]1OC(=O)c1ccccc1)c1ccccc1. The van der Waals surface area contributed by atoms with E-state index in [-0.39, 0.29) is 19.8 Å². The maximum absolute atomic E-state index is 13.2. The molecule has 3 aromatic carbocycles. The van der Waals surface area contributed by atoms with Gasteiger partial charge in [0.1, 0.15) is 18.3 Å². The van der Waals surface area contributed by atoms with Crippen LogP contribution < -0.4 is 0 Å². The van der Waals surface area contributed by atoms with E-state index in [0.717, 1.165) is 5.56 Å². The van der Waals surface area contributed by atoms with Crippen LogP contribution in [0.4, 0.5) is 0 Å². The van der Waals surface area contributed by atoms with Crippen molar-refractivity contribution in [2.24, 2.45) is 0 Å². The maximum Gasteiger partial charge on any atom is 0.339 e. The summed E-state index contributed by atoms with van der Waals surface area (Å²) in [6, 6.07) is 27.4. The Hall–Kier alpha value is -3.56. The van der Waals surface area contributed by atoms with E-state index in [0.29, 0.717) is 11.1 Å². The van der Waals surface area contributed by atoms with Crippen molar-refractivity contribution in [1.82, 2.24) is 0 Å². The normalized spacial score (nSPS) is 24.9. The zero-order valence-electron chi connectivity index (χ0n) is 21.0. The molecule has 2 aliphatic heterocycles. The molecule has 0 radical (unpaired) electrons. The van der Waals surface area contributed by atoms with Gasteiger partial charge in [-0.1, -0.05) is 78.9 Å². The van der Waals surface area contributed by atoms with Gasteiger partial charge in [-0.2, -0.15) is 0 Å². The molecule has 0 aliphatic carbocycles. The van der Waals surface area contributed by atoms with Gasteiger partial charge < -0.3 is 28.4 Å². The van der Waals surface area contributed by atoms with Gasteiger partial charge in [0.25, 0.3) is 0 Å². The predicted octanol–water partition coefficient (Wildman–Crippen LogP) is 4.24. The predicted molar refractivity (Wildman–Crippen MR) is 136 cm³/mol. The topological polar surface area (TPSA) is 89.5 Å². The second-order valence-electron chi connectivity index (χ2n) is 9.02. The lowest BCUT2D eigenvalue weighted by molar-refractivity contribution is -0.263. The van der Waals surface area contributed by atoms with Crippen LogP contribution in [0.1, 0.15) is 34.5 Å². The van der Waals surface area contributed by atoms with Crippen molar-refractivity contribution >= 4 is 11.9 Å². The quantitative estimate of drug-likeness (QED) is 0.368. The lowest BCUT2D eigenvalue weighted by atomic mass is 9.99. The second-order valence-corrected chi connectivity index (χ2v) is 9.02. The van der Waals surface area contributed by atoms with Crippen LogP contribution in [0.5, 0.6) is 0 Å². The van der Waals surface area contributed by atoms with Crippen LogP contribution >= 0.6 is 0 Å². The first-order valence-electron chi connectivity index (χ1n) is 12.7. The smallest absolute Gasteiger partial charge is 0.339 e. The Morgan fingerprint density at radius 1 is 0.868 bits per heavy atom. The summed E-state index contributed by atoms with van der Waals surface area (Å²) in [5.74, 6) is -1.10. The first-order valence-corrected chi connectivity index (χ1v) is 12.7. The van der Waals surface area contributed by atoms with E-state index < -0.39 is 48.7 Å². The Morgan fingerprint density at radius 3 is 2.21 bits per heavy atom. The molecule has 6 atom stereocenters. The standard InChI is InChI=1S/C30H30O8/c1-2-33-29(32)24(21-14-8-4-9-15-21)37-27-26(38-28(31)22-16-10-5-11-17-22)25(23-19-35-30(27)36-23)34-18-20-12-6-3-7-13-20/h3-17,23-27,30H,2,18-19H2,1H3/t23-,24+,25-,26+,27-,30-/m1/s1. The highest BCUT2D eigenvalue weighted by atomic mass is 16.8. The number of rotatable bonds is 10. The highest BCUT2D eigenvalue weighted by Crippen LogP contribution is 2.37. The summed E-state index contributed by atoms with van der Waals surface area (Å²) in [6.07, 6.45) is -5.00. The molecule has 0 amide bonds. The molecular formula is C30H30O8. The molecule has 38 heavy (non-hydrogen) atoms. The van der Waals surface area contributed by atoms with Crippen molar-refractivity contribution in [1.29, 1.82) is 0 Å². The van der Waals surface area contributed by atoms with Crippen LogP contribution in [0, 0.1) is 0 Å². The van der Waals surface area contributed by atoms with Crippen LogP contribution in [0.3, 0.4) is 0 Å². The first kappa shape index (κ1) is 26.1. The van der Waals surface area contributed by atoms with E-state index in [1.54, 1.807) is 43.3 Å². The molecule has 0 saturated carbocycles. The summed E-state index contributed by atoms with van der Waals surface area (Å²) in [4.78, 5) is 26.2. The number of ether oxygens (including phenoxy) is 6. The van der Waals surface area contributed by atoms with Gasteiger partial charge in [-0.15, -0.1) is 0 Å². The van der Waals surface area contributed by atoms with Gasteiger partial charge in [-0.3, -0.25) is 0 Å². The molecule has 198 valence electrons. The third-order valence-electron chi connectivity index (χ3n) is 6.45. The van der Waals surface area contributed by atoms with Gasteiger partial charge >= 0.3 is 11.9 Å². The number of hydrogen-bond acceptors (Lipinski definition) is 8. The van der Waals surface area contributed by atoms with E-state index >= 15 is 0 Å². The van der Waals surface area contributed by atoms with Crippen molar-refractivity contribution in [3.63, 3.8) is 0 Å². The summed E-state index contributed by atoms with van der Waals surface area (Å²) in [5, 5.41) is 0. The molecule has 0 unspecified atom stereocenters. The van der Waals surface area contributed by atoms with Gasteiger partial charge in [-0.05, 0) is 30.2 Å². The molecule has 0 aromatic heterocycles. The fraction of sp³-hybridized carbons (Fsp3) is 0.333. The van der Waals surface area contributed by atoms with E-state index in [1.807, 2.05) is 54.6 Å². The molecule has 2 saturated heterocycles. The van der Waals surface area contributed by atoms with Crippen molar-refractivity contribution in [2.45, 2.75) is 50.3 Å². The summed E-state index contributed by atoms with van der Waals surface area (Å²) < 4.78 is 36.0. The van der Waals surface area contributed by atoms with Crippen molar-refractivity contribution in [3.8, 4) is 0 Å². The van der Waals surface area contributed by atoms with Gasteiger partial charge in [0.2, 0.25) is 0 Å². The van der Waals surface area contributed by atoms with Crippen LogP contribution in [0.15, 0.2) is 91.0 Å². The van der Waals surface area contributed by atoms with E-state index in [1.165, 1.54) is 0 Å². The zero-order valence-corrected chi connectivity index (χ0v) is 21.0. The molecule has 5 rings (SSSR count). The fourth-order valence-electron chi connectivity index (χ4n) is 4.62. The van der Waals surface area contributed by atoms with E-state index in [9.17, 15) is 9.59 Å². The number of esters is 2. The fourth-order valence-corrected chi connectivity index (χ4v) is 4.62. The van der Waals surface area contributed by atoms with Crippen LogP contribution in [-0.4, -0.2) is 55.9 Å². The summed E-state index contributed by atoms with van der Waals surface area (Å²) >= 11 is 0. The average Bonchev–Trinajstić information content (AvgIpc) is 3.39. The molecule has 0 spiro atoms. The average molecular weight is 519 g/mol. The van der Waals surface area contributed by atoms with Gasteiger partial charge in [0, 0.05) is 0 Å². The largest absolute Gasteiger partial charge is 0.464 e. The minimum absolute atomic E-state index is 0.184. The molecule has 2 fully saturated rings. The monoisotopic (exact) mass is 518 g/mol. The maximum atomic E-state index is 13.2. The molecule has 8 nitrogen and oxygen atoms in total. The number of hydrogen-bond donors (Lipinski definition) is 0. The van der Waals surface area contributed by atoms with Crippen LogP contribution in [0.25, 0.3) is 0 Å². The lowest BCUT2D eigenvalue weighted by Gasteiger charge is -2.40. The third kappa shape index (κ3) is 5.95. The van der Waals surface area contributed by atoms with Gasteiger partial charge in [0.15, 0.2) is 18.5 Å². The lowest BCUT2D eigenvalue weighted by Crippen LogP contribution is -2.58. The Labute approximate surface area is 221 Å². The Morgan fingerprint density at radius 2 is 1.53 bits per heavy atom. The van der Waals surface area contributed by atoms with Gasteiger partial charge in [-0.25, -0.2) is 9.59 Å². The molecule has 0 N–H and O–H groups in total. The van der Waals surface area contributed by atoms with Crippen molar-refractivity contribution in [2.75, 3.05) is 13.2 Å². The zero-order chi connectivity index (χ0) is 26.3. The molecule has 8 heteroatoms. The Bertz CT molecular complexity index is 1190. The molecule has 2 heterocycles. The first-order chi connectivity index (χ1) is 18.6. The molecular weight excluding hydrogens is 488 g/mol. The summed E-state index contributed by atoms with van der Waals surface area (Å²) in [5.41, 5.74) is 1.94. The van der Waals surface area contributed by atoms with Crippen molar-refractivity contribution in [3.05, 3.63) is 108 Å². The van der Waals surface area contributed by atoms with Crippen molar-refractivity contribution < 1.29 is 38.0 Å². The summed E-state index contributed by atoms with van der Waals surface area (Å²) in [6.45, 7) is 2.41. The Balaban J connectivity index is 1.45. The summed E-state index contributed by atoms with van der Waals surface area (Å²) in [7, 11) is 0. The van der Waals surface area contributed by atoms with Crippen LogP contribution in [-0.2, 0) is 39.8 Å². The number of carbonyl (C=O) groups excluding carboxylic acids is 2. The van der Waals surface area contributed by atoms with Gasteiger partial charge in [0.05, 0.1) is 25.4 Å². The second kappa shape index (κ2) is 12.3. The minimum atomic E-state index is -1.08. The number of benzene rings is 3. The van der Waals surface area contributed by atoms with E-state index in [4.69, 9.17) is 28.4 Å².